The lowest BCUT2D eigenvalue weighted by molar-refractivity contribution is -0.131. The summed E-state index contributed by atoms with van der Waals surface area (Å²) in [6, 6.07) is 12.0. The Balaban J connectivity index is 1.35. The van der Waals surface area contributed by atoms with Crippen LogP contribution < -0.4 is 4.90 Å². The van der Waals surface area contributed by atoms with Gasteiger partial charge in [-0.05, 0) is 37.1 Å². The van der Waals surface area contributed by atoms with Crippen molar-refractivity contribution in [2.24, 2.45) is 0 Å². The molecule has 1 aromatic heterocycles. The third-order valence-electron chi connectivity index (χ3n) is 5.31. The SMILES string of the molecule is C[C@H]1Cc2ccccc2N1CC(=O)N1CCN(C(=O)c2ccco2)CC1. The Bertz CT molecular complexity index is 794. The van der Waals surface area contributed by atoms with Crippen LogP contribution in [0.3, 0.4) is 0 Å². The van der Waals surface area contributed by atoms with Crippen molar-refractivity contribution in [3.05, 3.63) is 54.0 Å². The first-order valence-corrected chi connectivity index (χ1v) is 9.08. The Kier molecular flexibility index (Phi) is 4.41. The number of carbonyl (C=O) groups is 2. The lowest BCUT2D eigenvalue weighted by atomic mass is 10.1. The molecule has 0 bridgehead atoms. The smallest absolute Gasteiger partial charge is 0.289 e. The molecule has 0 aliphatic carbocycles. The summed E-state index contributed by atoms with van der Waals surface area (Å²) in [5, 5.41) is 0. The third-order valence-corrected chi connectivity index (χ3v) is 5.31. The first-order chi connectivity index (χ1) is 12.6. The first kappa shape index (κ1) is 16.7. The van der Waals surface area contributed by atoms with E-state index in [-0.39, 0.29) is 11.8 Å². The summed E-state index contributed by atoms with van der Waals surface area (Å²) >= 11 is 0. The second-order valence-electron chi connectivity index (χ2n) is 6.96. The van der Waals surface area contributed by atoms with Crippen LogP contribution in [-0.2, 0) is 11.2 Å². The molecule has 0 N–H and O–H groups in total. The number of carbonyl (C=O) groups excluding carboxylic acids is 2. The maximum atomic E-state index is 12.8. The van der Waals surface area contributed by atoms with Crippen molar-refractivity contribution in [3.63, 3.8) is 0 Å². The van der Waals surface area contributed by atoms with Crippen LogP contribution in [0, 0.1) is 0 Å². The molecule has 2 aromatic rings. The minimum absolute atomic E-state index is 0.107. The van der Waals surface area contributed by atoms with E-state index in [9.17, 15) is 9.59 Å². The Morgan fingerprint density at radius 3 is 2.50 bits per heavy atom. The van der Waals surface area contributed by atoms with Crippen molar-refractivity contribution in [2.75, 3.05) is 37.6 Å². The molecule has 4 rings (SSSR count). The fraction of sp³-hybridized carbons (Fsp3) is 0.400. The van der Waals surface area contributed by atoms with Crippen LogP contribution in [0.2, 0.25) is 0 Å². The topological polar surface area (TPSA) is 57.0 Å². The number of hydrogen-bond acceptors (Lipinski definition) is 4. The largest absolute Gasteiger partial charge is 0.459 e. The van der Waals surface area contributed by atoms with Crippen molar-refractivity contribution in [2.45, 2.75) is 19.4 Å². The zero-order chi connectivity index (χ0) is 18.1. The highest BCUT2D eigenvalue weighted by atomic mass is 16.3. The second kappa shape index (κ2) is 6.86. The van der Waals surface area contributed by atoms with E-state index in [4.69, 9.17) is 4.42 Å². The highest BCUT2D eigenvalue weighted by Crippen LogP contribution is 2.31. The van der Waals surface area contributed by atoms with E-state index in [1.165, 1.54) is 17.5 Å². The summed E-state index contributed by atoms with van der Waals surface area (Å²) < 4.78 is 5.18. The van der Waals surface area contributed by atoms with Gasteiger partial charge in [0.05, 0.1) is 12.8 Å². The van der Waals surface area contributed by atoms with Gasteiger partial charge in [-0.1, -0.05) is 18.2 Å². The van der Waals surface area contributed by atoms with Crippen LogP contribution in [0.25, 0.3) is 0 Å². The Hall–Kier alpha value is -2.76. The number of amides is 2. The molecule has 6 heteroatoms. The molecule has 1 atom stereocenters. The highest BCUT2D eigenvalue weighted by Gasteiger charge is 2.30. The fourth-order valence-corrected chi connectivity index (χ4v) is 3.83. The van der Waals surface area contributed by atoms with E-state index in [0.29, 0.717) is 44.5 Å². The number of nitrogens with zero attached hydrogens (tertiary/aromatic N) is 3. The molecule has 0 spiro atoms. The zero-order valence-corrected chi connectivity index (χ0v) is 14.9. The predicted molar refractivity (Wildman–Crippen MR) is 98.1 cm³/mol. The van der Waals surface area contributed by atoms with Crippen molar-refractivity contribution in [1.82, 2.24) is 9.80 Å². The average molecular weight is 353 g/mol. The molecule has 2 aliphatic heterocycles. The Labute approximate surface area is 153 Å². The number of benzene rings is 1. The molecule has 1 saturated heterocycles. The molecule has 6 nitrogen and oxygen atoms in total. The van der Waals surface area contributed by atoms with Crippen molar-refractivity contribution in [3.8, 4) is 0 Å². The molecular weight excluding hydrogens is 330 g/mol. The van der Waals surface area contributed by atoms with Crippen molar-refractivity contribution in [1.29, 1.82) is 0 Å². The van der Waals surface area contributed by atoms with Gasteiger partial charge < -0.3 is 19.1 Å². The minimum Gasteiger partial charge on any atom is -0.459 e. The molecule has 1 aromatic carbocycles. The summed E-state index contributed by atoms with van der Waals surface area (Å²) in [5.74, 6) is 0.370. The molecule has 0 radical (unpaired) electrons. The number of anilines is 1. The van der Waals surface area contributed by atoms with E-state index in [2.05, 4.69) is 24.0 Å². The normalized spacial score (nSPS) is 19.6. The summed E-state index contributed by atoms with van der Waals surface area (Å²) in [6.45, 7) is 4.76. The third kappa shape index (κ3) is 3.07. The maximum Gasteiger partial charge on any atom is 0.289 e. The van der Waals surface area contributed by atoms with Gasteiger partial charge in [0.25, 0.3) is 5.91 Å². The van der Waals surface area contributed by atoms with Crippen molar-refractivity contribution >= 4 is 17.5 Å². The van der Waals surface area contributed by atoms with E-state index in [1.54, 1.807) is 17.0 Å². The van der Waals surface area contributed by atoms with Crippen LogP contribution in [0.1, 0.15) is 23.0 Å². The highest BCUT2D eigenvalue weighted by molar-refractivity contribution is 5.91. The summed E-state index contributed by atoms with van der Waals surface area (Å²) in [6.07, 6.45) is 2.48. The molecule has 0 unspecified atom stereocenters. The van der Waals surface area contributed by atoms with Gasteiger partial charge in [-0.3, -0.25) is 9.59 Å². The Morgan fingerprint density at radius 2 is 1.77 bits per heavy atom. The van der Waals surface area contributed by atoms with Gasteiger partial charge in [-0.2, -0.15) is 0 Å². The number of hydrogen-bond donors (Lipinski definition) is 0. The number of piperazine rings is 1. The van der Waals surface area contributed by atoms with E-state index < -0.39 is 0 Å². The van der Waals surface area contributed by atoms with Crippen LogP contribution in [0.15, 0.2) is 47.1 Å². The summed E-state index contributed by atoms with van der Waals surface area (Å²) in [7, 11) is 0. The summed E-state index contributed by atoms with van der Waals surface area (Å²) in [4.78, 5) is 30.9. The number of para-hydroxylation sites is 1. The minimum atomic E-state index is -0.107. The summed E-state index contributed by atoms with van der Waals surface area (Å²) in [5.41, 5.74) is 2.47. The molecule has 2 amide bonds. The van der Waals surface area contributed by atoms with Gasteiger partial charge >= 0.3 is 0 Å². The van der Waals surface area contributed by atoms with E-state index >= 15 is 0 Å². The number of fused-ring (bicyclic) bond motifs is 1. The maximum absolute atomic E-state index is 12.8. The van der Waals surface area contributed by atoms with Crippen molar-refractivity contribution < 1.29 is 14.0 Å². The van der Waals surface area contributed by atoms with Crippen LogP contribution in [0.4, 0.5) is 5.69 Å². The average Bonchev–Trinajstić information content (AvgIpc) is 3.30. The second-order valence-corrected chi connectivity index (χ2v) is 6.96. The molecular formula is C20H23N3O3. The van der Waals surface area contributed by atoms with Gasteiger partial charge in [-0.15, -0.1) is 0 Å². The molecule has 2 aliphatic rings. The lowest BCUT2D eigenvalue weighted by Gasteiger charge is -2.36. The van der Waals surface area contributed by atoms with Gasteiger partial charge in [0, 0.05) is 37.9 Å². The fourth-order valence-electron chi connectivity index (χ4n) is 3.83. The van der Waals surface area contributed by atoms with Gasteiger partial charge in [0.1, 0.15) is 0 Å². The van der Waals surface area contributed by atoms with Crippen LogP contribution in [0.5, 0.6) is 0 Å². The number of rotatable bonds is 3. The van der Waals surface area contributed by atoms with Crippen LogP contribution in [-0.4, -0.2) is 60.4 Å². The molecule has 1 fully saturated rings. The molecule has 0 saturated carbocycles. The van der Waals surface area contributed by atoms with Gasteiger partial charge in [0.15, 0.2) is 5.76 Å². The predicted octanol–water partition coefficient (Wildman–Crippen LogP) is 2.02. The molecule has 136 valence electrons. The van der Waals surface area contributed by atoms with Gasteiger partial charge in [-0.25, -0.2) is 0 Å². The van der Waals surface area contributed by atoms with E-state index in [0.717, 1.165) is 6.42 Å². The first-order valence-electron chi connectivity index (χ1n) is 9.08. The molecule has 26 heavy (non-hydrogen) atoms. The Morgan fingerprint density at radius 1 is 1.04 bits per heavy atom. The van der Waals surface area contributed by atoms with Gasteiger partial charge in [0.2, 0.25) is 5.91 Å². The lowest BCUT2D eigenvalue weighted by Crippen LogP contribution is -2.53. The van der Waals surface area contributed by atoms with Crippen LogP contribution >= 0.6 is 0 Å². The zero-order valence-electron chi connectivity index (χ0n) is 14.9. The molecule has 3 heterocycles. The monoisotopic (exact) mass is 353 g/mol. The quantitative estimate of drug-likeness (QED) is 0.847. The van der Waals surface area contributed by atoms with E-state index in [1.807, 2.05) is 17.0 Å². The standard InChI is InChI=1S/C20H23N3O3/c1-15-13-16-5-2-3-6-17(16)23(15)14-19(24)21-8-10-22(11-9-21)20(25)18-7-4-12-26-18/h2-7,12,15H,8-11,13-14H2,1H3/t15-/m0/s1. The number of furan rings is 1.